The number of carbonyl (C=O) groups excluding carboxylic acids is 2. The van der Waals surface area contributed by atoms with Gasteiger partial charge in [0.25, 0.3) is 0 Å². The summed E-state index contributed by atoms with van der Waals surface area (Å²) in [4.78, 5) is 18.9. The van der Waals surface area contributed by atoms with E-state index in [-0.39, 0.29) is 28.0 Å². The number of rotatable bonds is 0. The Balaban J connectivity index is -0.0000000171. The minimum atomic E-state index is 0. The van der Waals surface area contributed by atoms with Crippen LogP contribution in [0.4, 0.5) is 0 Å². The molecule has 0 rings (SSSR count). The first-order chi connectivity index (χ1) is 3.46. The van der Waals surface area contributed by atoms with Gasteiger partial charge in [0, 0.05) is 0 Å². The van der Waals surface area contributed by atoms with Crippen molar-refractivity contribution in [2.24, 2.45) is 0 Å². The molecule has 0 bridgehead atoms. The van der Waals surface area contributed by atoms with Gasteiger partial charge in [-0.05, 0) is 27.7 Å². The fraction of sp³-hybridized carbons (Fsp3) is 0.667. The number of ketones is 2. The Bertz CT molecular complexity index is 69.0. The van der Waals surface area contributed by atoms with Crippen molar-refractivity contribution >= 4 is 11.6 Å². The van der Waals surface area contributed by atoms with Crippen molar-refractivity contribution in [1.82, 2.24) is 0 Å². The van der Waals surface area contributed by atoms with Crippen LogP contribution in [-0.4, -0.2) is 28.0 Å². The zero-order valence-electron chi connectivity index (χ0n) is 7.32. The van der Waals surface area contributed by atoms with Crippen molar-refractivity contribution in [2.45, 2.75) is 27.7 Å². The molecule has 0 fully saturated rings. The van der Waals surface area contributed by atoms with Gasteiger partial charge in [0.15, 0.2) is 0 Å². The summed E-state index contributed by atoms with van der Waals surface area (Å²) in [7, 11) is 0. The van der Waals surface area contributed by atoms with E-state index in [9.17, 15) is 9.59 Å². The molecule has 11 heavy (non-hydrogen) atoms. The maximum absolute atomic E-state index is 9.44. The normalized spacial score (nSPS) is 4.73. The summed E-state index contributed by atoms with van der Waals surface area (Å²) in [5.41, 5.74) is 0. The minimum absolute atomic E-state index is 0. The third-order valence-corrected chi connectivity index (χ3v) is 0. The van der Waals surface area contributed by atoms with E-state index in [0.717, 1.165) is 0 Å². The molecule has 0 unspecified atom stereocenters. The smallest absolute Gasteiger partial charge is 0.126 e. The predicted octanol–water partition coefficient (Wildman–Crippen LogP) is -1.28. The van der Waals surface area contributed by atoms with Crippen molar-refractivity contribution in [1.29, 1.82) is 0 Å². The molecular weight excluding hydrogens is 152 g/mol. The average molecular weight is 170 g/mol. The summed E-state index contributed by atoms with van der Waals surface area (Å²) < 4.78 is 0. The standard InChI is InChI=1S/2C3H6O.3H2O/c2*1-3(2)4;;;/h2*1-2H3;3*1H2. The molecule has 0 aromatic carbocycles. The monoisotopic (exact) mass is 170 g/mol. The molecule has 0 amide bonds. The van der Waals surface area contributed by atoms with E-state index in [2.05, 4.69) is 0 Å². The molecule has 0 aliphatic carbocycles. The van der Waals surface area contributed by atoms with Crippen LogP contribution in [0, 0.1) is 0 Å². The van der Waals surface area contributed by atoms with Gasteiger partial charge in [-0.15, -0.1) is 0 Å². The number of hydrogen-bond donors (Lipinski definition) is 0. The van der Waals surface area contributed by atoms with E-state index in [1.807, 2.05) is 0 Å². The van der Waals surface area contributed by atoms with Gasteiger partial charge in [-0.3, -0.25) is 0 Å². The van der Waals surface area contributed by atoms with Crippen LogP contribution in [0.3, 0.4) is 0 Å². The summed E-state index contributed by atoms with van der Waals surface area (Å²) in [5, 5.41) is 0. The zero-order chi connectivity index (χ0) is 7.15. The number of carbonyl (C=O) groups is 2. The van der Waals surface area contributed by atoms with Gasteiger partial charge < -0.3 is 26.0 Å². The Labute approximate surface area is 66.3 Å². The van der Waals surface area contributed by atoms with Crippen LogP contribution in [0.1, 0.15) is 27.7 Å². The summed E-state index contributed by atoms with van der Waals surface area (Å²) in [6.07, 6.45) is 0. The van der Waals surface area contributed by atoms with Crippen LogP contribution in [0.25, 0.3) is 0 Å². The second kappa shape index (κ2) is 22.9. The molecule has 0 heterocycles. The molecule has 0 spiro atoms. The molecule has 0 aliphatic rings. The molecule has 0 aromatic rings. The molecule has 0 aromatic heterocycles. The largest absolute Gasteiger partial charge is 0.412 e. The van der Waals surface area contributed by atoms with Crippen molar-refractivity contribution in [3.8, 4) is 0 Å². The molecule has 0 aliphatic heterocycles. The molecule has 5 nitrogen and oxygen atoms in total. The second-order valence-electron chi connectivity index (χ2n) is 1.82. The van der Waals surface area contributed by atoms with Crippen molar-refractivity contribution in [3.63, 3.8) is 0 Å². The third-order valence-electron chi connectivity index (χ3n) is 0. The Morgan fingerprint density at radius 1 is 0.636 bits per heavy atom. The van der Waals surface area contributed by atoms with E-state index in [0.29, 0.717) is 0 Å². The Morgan fingerprint density at radius 2 is 0.636 bits per heavy atom. The lowest BCUT2D eigenvalue weighted by atomic mass is 10.6. The van der Waals surface area contributed by atoms with Crippen LogP contribution in [0.5, 0.6) is 0 Å². The van der Waals surface area contributed by atoms with Crippen LogP contribution in [0.2, 0.25) is 0 Å². The topological polar surface area (TPSA) is 129 Å². The highest BCUT2D eigenvalue weighted by Crippen LogP contribution is 1.50. The lowest BCUT2D eigenvalue weighted by molar-refractivity contribution is -0.115. The molecule has 0 atom stereocenters. The van der Waals surface area contributed by atoms with Crippen molar-refractivity contribution in [2.75, 3.05) is 0 Å². The summed E-state index contributed by atoms with van der Waals surface area (Å²) >= 11 is 0. The Morgan fingerprint density at radius 3 is 0.636 bits per heavy atom. The highest BCUT2D eigenvalue weighted by atomic mass is 16.1. The van der Waals surface area contributed by atoms with E-state index < -0.39 is 0 Å². The van der Waals surface area contributed by atoms with Gasteiger partial charge in [-0.25, -0.2) is 0 Å². The molecule has 72 valence electrons. The van der Waals surface area contributed by atoms with E-state index >= 15 is 0 Å². The highest BCUT2D eigenvalue weighted by Gasteiger charge is 1.62. The van der Waals surface area contributed by atoms with E-state index in [1.165, 1.54) is 27.7 Å². The van der Waals surface area contributed by atoms with Gasteiger partial charge >= 0.3 is 0 Å². The van der Waals surface area contributed by atoms with Crippen LogP contribution >= 0.6 is 0 Å². The quantitative estimate of drug-likeness (QED) is 0.448. The minimum Gasteiger partial charge on any atom is -0.412 e. The molecule has 0 radical (unpaired) electrons. The fourth-order valence-electron chi connectivity index (χ4n) is 0. The van der Waals surface area contributed by atoms with E-state index in [4.69, 9.17) is 0 Å². The SMILES string of the molecule is CC(C)=O.CC(C)=O.O.O.O. The van der Waals surface area contributed by atoms with Gasteiger partial charge in [-0.1, -0.05) is 0 Å². The van der Waals surface area contributed by atoms with Crippen molar-refractivity contribution in [3.05, 3.63) is 0 Å². The lowest BCUT2D eigenvalue weighted by Gasteiger charge is -1.56. The molecule has 5 heteroatoms. The van der Waals surface area contributed by atoms with Crippen LogP contribution in [0.15, 0.2) is 0 Å². The molecule has 6 N–H and O–H groups in total. The van der Waals surface area contributed by atoms with Crippen LogP contribution in [-0.2, 0) is 9.59 Å². The van der Waals surface area contributed by atoms with Gasteiger partial charge in [0.2, 0.25) is 0 Å². The zero-order valence-corrected chi connectivity index (χ0v) is 7.32. The summed E-state index contributed by atoms with van der Waals surface area (Å²) in [6.45, 7) is 6.11. The first-order valence-electron chi connectivity index (χ1n) is 2.41. The van der Waals surface area contributed by atoms with Crippen molar-refractivity contribution < 1.29 is 26.0 Å². The predicted molar refractivity (Wildman–Crippen MR) is 43.6 cm³/mol. The summed E-state index contributed by atoms with van der Waals surface area (Å²) in [6, 6.07) is 0. The molecule has 0 saturated carbocycles. The van der Waals surface area contributed by atoms with Crippen LogP contribution < -0.4 is 0 Å². The fourth-order valence-corrected chi connectivity index (χ4v) is 0. The average Bonchev–Trinajstić information content (AvgIpc) is 1.25. The highest BCUT2D eigenvalue weighted by molar-refractivity contribution is 5.72. The van der Waals surface area contributed by atoms with E-state index in [1.54, 1.807) is 0 Å². The lowest BCUT2D eigenvalue weighted by Crippen LogP contribution is -1.69. The van der Waals surface area contributed by atoms with Gasteiger partial charge in [-0.2, -0.15) is 0 Å². The van der Waals surface area contributed by atoms with Gasteiger partial charge in [0.1, 0.15) is 11.6 Å². The number of Topliss-reactive ketones (excluding diaryl/α,β-unsaturated/α-hetero) is 2. The maximum atomic E-state index is 9.44. The Kier molecular flexibility index (Phi) is 66.3. The first-order valence-corrected chi connectivity index (χ1v) is 2.41. The maximum Gasteiger partial charge on any atom is 0.126 e. The number of hydrogen-bond acceptors (Lipinski definition) is 2. The second-order valence-corrected chi connectivity index (χ2v) is 1.82. The third kappa shape index (κ3) is 790. The first kappa shape index (κ1) is 31.9. The van der Waals surface area contributed by atoms with Gasteiger partial charge in [0.05, 0.1) is 0 Å². The molecular formula is C6H18O5. The molecule has 0 saturated heterocycles. The summed E-state index contributed by atoms with van der Waals surface area (Å²) in [5.74, 6) is 0.333. The Hall–Kier alpha value is -0.780.